The van der Waals surface area contributed by atoms with E-state index in [0.717, 1.165) is 35.5 Å². The fourth-order valence-electron chi connectivity index (χ4n) is 2.56. The fraction of sp³-hybridized carbons (Fsp3) is 0.235. The lowest BCUT2D eigenvalue weighted by molar-refractivity contribution is 0.0601. The number of benzene rings is 2. The van der Waals surface area contributed by atoms with Crippen molar-refractivity contribution in [3.8, 4) is 16.9 Å². The summed E-state index contributed by atoms with van der Waals surface area (Å²) in [5, 5.41) is 3.31. The van der Waals surface area contributed by atoms with E-state index in [0.29, 0.717) is 12.2 Å². The quantitative estimate of drug-likeness (QED) is 0.861. The first-order valence-electron chi connectivity index (χ1n) is 6.94. The Balaban J connectivity index is 2.16. The standard InChI is InChI=1S/C17H17NO3/c1-20-17(19)15-7-3-2-6-13(15)14-8-4-5-12-11-18-9-10-21-16(12)14/h2-8,18H,9-11H2,1H3. The summed E-state index contributed by atoms with van der Waals surface area (Å²) in [7, 11) is 1.39. The zero-order valence-electron chi connectivity index (χ0n) is 11.9. The Bertz CT molecular complexity index is 667. The molecule has 1 aliphatic heterocycles. The van der Waals surface area contributed by atoms with Crippen LogP contribution in [-0.2, 0) is 11.3 Å². The molecule has 1 aliphatic rings. The zero-order chi connectivity index (χ0) is 14.7. The minimum Gasteiger partial charge on any atom is -0.491 e. The van der Waals surface area contributed by atoms with Crippen LogP contribution in [0.15, 0.2) is 42.5 Å². The third-order valence-corrected chi connectivity index (χ3v) is 3.56. The highest BCUT2D eigenvalue weighted by atomic mass is 16.5. The average Bonchev–Trinajstić information content (AvgIpc) is 2.79. The molecule has 2 aromatic rings. The maximum Gasteiger partial charge on any atom is 0.338 e. The van der Waals surface area contributed by atoms with Gasteiger partial charge in [0.15, 0.2) is 0 Å². The Kier molecular flexibility index (Phi) is 3.88. The van der Waals surface area contributed by atoms with Crippen molar-refractivity contribution in [1.82, 2.24) is 5.32 Å². The number of fused-ring (bicyclic) bond motifs is 1. The summed E-state index contributed by atoms with van der Waals surface area (Å²) >= 11 is 0. The van der Waals surface area contributed by atoms with Crippen LogP contribution < -0.4 is 10.1 Å². The topological polar surface area (TPSA) is 47.6 Å². The summed E-state index contributed by atoms with van der Waals surface area (Å²) in [6.45, 7) is 2.20. The summed E-state index contributed by atoms with van der Waals surface area (Å²) in [6.07, 6.45) is 0. The Morgan fingerprint density at radius 3 is 2.81 bits per heavy atom. The van der Waals surface area contributed by atoms with Crippen LogP contribution in [0.1, 0.15) is 15.9 Å². The van der Waals surface area contributed by atoms with Crippen molar-refractivity contribution in [2.45, 2.75) is 6.54 Å². The van der Waals surface area contributed by atoms with Gasteiger partial charge in [0.25, 0.3) is 0 Å². The van der Waals surface area contributed by atoms with Crippen LogP contribution in [-0.4, -0.2) is 26.2 Å². The Labute approximate surface area is 123 Å². The van der Waals surface area contributed by atoms with Crippen molar-refractivity contribution in [2.75, 3.05) is 20.3 Å². The molecular weight excluding hydrogens is 266 g/mol. The first-order valence-corrected chi connectivity index (χ1v) is 6.94. The molecule has 1 N–H and O–H groups in total. The van der Waals surface area contributed by atoms with E-state index >= 15 is 0 Å². The van der Waals surface area contributed by atoms with Crippen LogP contribution in [0.3, 0.4) is 0 Å². The summed E-state index contributed by atoms with van der Waals surface area (Å²) in [6, 6.07) is 13.4. The van der Waals surface area contributed by atoms with E-state index in [1.54, 1.807) is 6.07 Å². The second kappa shape index (κ2) is 5.97. The maximum absolute atomic E-state index is 12.0. The normalized spacial score (nSPS) is 13.8. The minimum absolute atomic E-state index is 0.338. The van der Waals surface area contributed by atoms with Crippen molar-refractivity contribution >= 4 is 5.97 Å². The van der Waals surface area contributed by atoms with Crippen molar-refractivity contribution in [2.24, 2.45) is 0 Å². The highest BCUT2D eigenvalue weighted by Gasteiger charge is 2.19. The lowest BCUT2D eigenvalue weighted by Crippen LogP contribution is -2.16. The molecule has 0 saturated heterocycles. The van der Waals surface area contributed by atoms with Gasteiger partial charge in [-0.1, -0.05) is 36.4 Å². The molecule has 4 heteroatoms. The van der Waals surface area contributed by atoms with Gasteiger partial charge in [-0.3, -0.25) is 0 Å². The van der Waals surface area contributed by atoms with Crippen LogP contribution >= 0.6 is 0 Å². The molecule has 0 bridgehead atoms. The predicted octanol–water partition coefficient (Wildman–Crippen LogP) is 2.62. The van der Waals surface area contributed by atoms with E-state index in [1.165, 1.54) is 7.11 Å². The molecule has 4 nitrogen and oxygen atoms in total. The summed E-state index contributed by atoms with van der Waals surface area (Å²) in [4.78, 5) is 12.0. The lowest BCUT2D eigenvalue weighted by atomic mass is 9.96. The van der Waals surface area contributed by atoms with Crippen LogP contribution in [0.2, 0.25) is 0 Å². The van der Waals surface area contributed by atoms with E-state index in [2.05, 4.69) is 5.32 Å². The van der Waals surface area contributed by atoms with Crippen LogP contribution in [0.4, 0.5) is 0 Å². The molecule has 0 aromatic heterocycles. The zero-order valence-corrected chi connectivity index (χ0v) is 11.9. The number of hydrogen-bond donors (Lipinski definition) is 1. The van der Waals surface area contributed by atoms with Crippen LogP contribution in [0.25, 0.3) is 11.1 Å². The van der Waals surface area contributed by atoms with Gasteiger partial charge in [-0.25, -0.2) is 4.79 Å². The first kappa shape index (κ1) is 13.6. The van der Waals surface area contributed by atoms with Gasteiger partial charge in [0.2, 0.25) is 0 Å². The molecule has 1 heterocycles. The monoisotopic (exact) mass is 283 g/mol. The molecule has 21 heavy (non-hydrogen) atoms. The molecule has 108 valence electrons. The number of hydrogen-bond acceptors (Lipinski definition) is 4. The van der Waals surface area contributed by atoms with E-state index in [1.807, 2.05) is 36.4 Å². The van der Waals surface area contributed by atoms with Gasteiger partial charge in [-0.2, -0.15) is 0 Å². The SMILES string of the molecule is COC(=O)c1ccccc1-c1cccc2c1OCCNC2. The largest absolute Gasteiger partial charge is 0.491 e. The summed E-state index contributed by atoms with van der Waals surface area (Å²) in [5.74, 6) is 0.508. The van der Waals surface area contributed by atoms with Gasteiger partial charge in [0, 0.05) is 24.2 Å². The van der Waals surface area contributed by atoms with Crippen molar-refractivity contribution in [3.63, 3.8) is 0 Å². The molecule has 0 aliphatic carbocycles. The van der Waals surface area contributed by atoms with Crippen molar-refractivity contribution in [3.05, 3.63) is 53.6 Å². The second-order valence-corrected chi connectivity index (χ2v) is 4.86. The summed E-state index contributed by atoms with van der Waals surface area (Å²) < 4.78 is 10.8. The van der Waals surface area contributed by atoms with Gasteiger partial charge in [-0.15, -0.1) is 0 Å². The van der Waals surface area contributed by atoms with Crippen molar-refractivity contribution < 1.29 is 14.3 Å². The number of carbonyl (C=O) groups excluding carboxylic acids is 1. The fourth-order valence-corrected chi connectivity index (χ4v) is 2.56. The molecule has 0 saturated carbocycles. The van der Waals surface area contributed by atoms with E-state index in [9.17, 15) is 4.79 Å². The molecule has 2 aromatic carbocycles. The number of nitrogens with one attached hydrogen (secondary N) is 1. The molecule has 0 unspecified atom stereocenters. The van der Waals surface area contributed by atoms with Crippen LogP contribution in [0, 0.1) is 0 Å². The molecule has 0 amide bonds. The highest BCUT2D eigenvalue weighted by Crippen LogP contribution is 2.36. The van der Waals surface area contributed by atoms with Gasteiger partial charge in [-0.05, 0) is 11.6 Å². The Hall–Kier alpha value is -2.33. The minimum atomic E-state index is -0.338. The van der Waals surface area contributed by atoms with Crippen molar-refractivity contribution in [1.29, 1.82) is 0 Å². The number of para-hydroxylation sites is 1. The van der Waals surface area contributed by atoms with Crippen LogP contribution in [0.5, 0.6) is 5.75 Å². The Morgan fingerprint density at radius 1 is 1.14 bits per heavy atom. The number of rotatable bonds is 2. The van der Waals surface area contributed by atoms with Gasteiger partial charge < -0.3 is 14.8 Å². The number of ether oxygens (including phenoxy) is 2. The highest BCUT2D eigenvalue weighted by molar-refractivity contribution is 5.98. The molecular formula is C17H17NO3. The lowest BCUT2D eigenvalue weighted by Gasteiger charge is -2.15. The van der Waals surface area contributed by atoms with Gasteiger partial charge in [0.1, 0.15) is 12.4 Å². The van der Waals surface area contributed by atoms with Gasteiger partial charge >= 0.3 is 5.97 Å². The molecule has 0 spiro atoms. The maximum atomic E-state index is 12.0. The smallest absolute Gasteiger partial charge is 0.338 e. The average molecular weight is 283 g/mol. The third kappa shape index (κ3) is 2.62. The number of carbonyl (C=O) groups is 1. The number of methoxy groups -OCH3 is 1. The molecule has 0 radical (unpaired) electrons. The van der Waals surface area contributed by atoms with E-state index in [-0.39, 0.29) is 5.97 Å². The predicted molar refractivity (Wildman–Crippen MR) is 80.4 cm³/mol. The Morgan fingerprint density at radius 2 is 1.95 bits per heavy atom. The molecule has 3 rings (SSSR count). The van der Waals surface area contributed by atoms with Gasteiger partial charge in [0.05, 0.1) is 12.7 Å². The van der Waals surface area contributed by atoms with E-state index in [4.69, 9.17) is 9.47 Å². The van der Waals surface area contributed by atoms with E-state index < -0.39 is 0 Å². The third-order valence-electron chi connectivity index (χ3n) is 3.56. The molecule has 0 atom stereocenters. The molecule has 0 fully saturated rings. The number of esters is 1. The second-order valence-electron chi connectivity index (χ2n) is 4.86. The summed E-state index contributed by atoms with van der Waals surface area (Å²) in [5.41, 5.74) is 3.42. The first-order chi connectivity index (χ1) is 10.3.